The fraction of sp³-hybridized carbons (Fsp3) is 0.273. The number of nitriles is 1. The van der Waals surface area contributed by atoms with Crippen LogP contribution in [-0.4, -0.2) is 23.4 Å². The van der Waals surface area contributed by atoms with Crippen LogP contribution in [0.3, 0.4) is 0 Å². The lowest BCUT2D eigenvalue weighted by Gasteiger charge is -2.42. The number of anilines is 1. The van der Waals surface area contributed by atoms with Crippen molar-refractivity contribution in [3.63, 3.8) is 0 Å². The highest BCUT2D eigenvalue weighted by Crippen LogP contribution is 2.44. The van der Waals surface area contributed by atoms with Crippen LogP contribution < -0.4 is 4.90 Å². The molecule has 2 heterocycles. The first-order chi connectivity index (χ1) is 13.5. The molecule has 1 unspecified atom stereocenters. The summed E-state index contributed by atoms with van der Waals surface area (Å²) in [6, 6.07) is 16.2. The molecule has 1 atom stereocenters. The second kappa shape index (κ2) is 7.54. The van der Waals surface area contributed by atoms with Gasteiger partial charge in [0, 0.05) is 23.0 Å². The van der Waals surface area contributed by atoms with Crippen molar-refractivity contribution in [1.29, 1.82) is 5.26 Å². The Labute approximate surface area is 174 Å². The molecule has 0 aromatic heterocycles. The molecule has 0 radical (unpaired) electrons. The van der Waals surface area contributed by atoms with Crippen molar-refractivity contribution < 1.29 is 4.79 Å². The fourth-order valence-corrected chi connectivity index (χ4v) is 5.11. The first-order valence-corrected chi connectivity index (χ1v) is 10.5. The molecule has 0 aliphatic carbocycles. The van der Waals surface area contributed by atoms with Gasteiger partial charge in [-0.3, -0.25) is 9.69 Å². The lowest BCUT2D eigenvalue weighted by molar-refractivity contribution is -0.129. The Bertz CT molecular complexity index is 1030. The normalized spacial score (nSPS) is 19.5. The molecular formula is C22H20ClN3OS. The molecule has 0 bridgehead atoms. The van der Waals surface area contributed by atoms with Gasteiger partial charge in [0.1, 0.15) is 0 Å². The van der Waals surface area contributed by atoms with E-state index >= 15 is 0 Å². The Kier molecular flexibility index (Phi) is 5.09. The van der Waals surface area contributed by atoms with E-state index in [-0.39, 0.29) is 18.2 Å². The lowest BCUT2D eigenvalue weighted by Crippen LogP contribution is -2.47. The van der Waals surface area contributed by atoms with E-state index in [4.69, 9.17) is 11.6 Å². The number of thioether (sulfide) groups is 1. The van der Waals surface area contributed by atoms with Gasteiger partial charge in [-0.15, -0.1) is 0 Å². The first kappa shape index (κ1) is 18.9. The van der Waals surface area contributed by atoms with Gasteiger partial charge in [0.15, 0.2) is 0 Å². The number of hydrogen-bond donors (Lipinski definition) is 0. The van der Waals surface area contributed by atoms with Crippen molar-refractivity contribution in [2.24, 2.45) is 0 Å². The number of allylic oxidation sites excluding steroid dienone is 1. The Morgan fingerprint density at radius 1 is 1.18 bits per heavy atom. The summed E-state index contributed by atoms with van der Waals surface area (Å²) >= 11 is 7.91. The number of rotatable bonds is 2. The smallest absolute Gasteiger partial charge is 0.229 e. The largest absolute Gasteiger partial charge is 0.344 e. The molecule has 2 aliphatic rings. The first-order valence-electron chi connectivity index (χ1n) is 9.13. The third-order valence-electron chi connectivity index (χ3n) is 5.43. The molecule has 4 nitrogen and oxygen atoms in total. The number of carbonyl (C=O) groups excluding carboxylic acids is 1. The van der Waals surface area contributed by atoms with E-state index in [0.29, 0.717) is 23.1 Å². The highest BCUT2D eigenvalue weighted by atomic mass is 35.5. The van der Waals surface area contributed by atoms with Gasteiger partial charge in [0.05, 0.1) is 29.2 Å². The van der Waals surface area contributed by atoms with Crippen molar-refractivity contribution >= 4 is 35.0 Å². The van der Waals surface area contributed by atoms with Crippen molar-refractivity contribution in [2.75, 3.05) is 17.4 Å². The van der Waals surface area contributed by atoms with Gasteiger partial charge in [0.2, 0.25) is 5.91 Å². The Morgan fingerprint density at radius 2 is 1.96 bits per heavy atom. The van der Waals surface area contributed by atoms with Crippen LogP contribution in [0.25, 0.3) is 0 Å². The minimum absolute atomic E-state index is 0.0277. The number of fused-ring (bicyclic) bond motifs is 1. The van der Waals surface area contributed by atoms with E-state index in [1.165, 1.54) is 11.1 Å². The molecule has 0 saturated carbocycles. The maximum absolute atomic E-state index is 13.0. The molecular weight excluding hydrogens is 390 g/mol. The summed E-state index contributed by atoms with van der Waals surface area (Å²) < 4.78 is 0. The summed E-state index contributed by atoms with van der Waals surface area (Å²) in [5.41, 5.74) is 5.05. The third-order valence-corrected chi connectivity index (χ3v) is 6.93. The topological polar surface area (TPSA) is 47.3 Å². The molecule has 1 fully saturated rings. The van der Waals surface area contributed by atoms with E-state index in [0.717, 1.165) is 16.3 Å². The van der Waals surface area contributed by atoms with Gasteiger partial charge >= 0.3 is 0 Å². The average Bonchev–Trinajstić information content (AvgIpc) is 2.70. The molecule has 1 saturated heterocycles. The quantitative estimate of drug-likeness (QED) is 0.685. The van der Waals surface area contributed by atoms with E-state index < -0.39 is 0 Å². The van der Waals surface area contributed by atoms with E-state index in [1.54, 1.807) is 16.7 Å². The summed E-state index contributed by atoms with van der Waals surface area (Å²) in [5.74, 6) is 0.445. The zero-order chi connectivity index (χ0) is 19.8. The molecule has 142 valence electrons. The summed E-state index contributed by atoms with van der Waals surface area (Å²) in [7, 11) is 0. The van der Waals surface area contributed by atoms with Gasteiger partial charge < -0.3 is 4.90 Å². The monoisotopic (exact) mass is 409 g/mol. The maximum atomic E-state index is 13.0. The molecule has 4 rings (SSSR count). The number of carbonyl (C=O) groups is 1. The van der Waals surface area contributed by atoms with Crippen LogP contribution in [0.15, 0.2) is 53.1 Å². The molecule has 1 amide bonds. The van der Waals surface area contributed by atoms with Crippen molar-refractivity contribution in [3.05, 3.63) is 74.8 Å². The zero-order valence-corrected chi connectivity index (χ0v) is 17.3. The number of halogens is 1. The molecule has 6 heteroatoms. The van der Waals surface area contributed by atoms with Crippen molar-refractivity contribution in [2.45, 2.75) is 26.2 Å². The molecule has 2 aromatic rings. The zero-order valence-electron chi connectivity index (χ0n) is 15.8. The molecule has 2 aliphatic heterocycles. The lowest BCUT2D eigenvalue weighted by atomic mass is 9.86. The van der Waals surface area contributed by atoms with Crippen LogP contribution in [0.4, 0.5) is 5.69 Å². The number of benzene rings is 2. The summed E-state index contributed by atoms with van der Waals surface area (Å²) in [4.78, 5) is 16.9. The maximum Gasteiger partial charge on any atom is 0.229 e. The van der Waals surface area contributed by atoms with Crippen LogP contribution in [-0.2, 0) is 4.79 Å². The van der Waals surface area contributed by atoms with Crippen LogP contribution in [0.5, 0.6) is 0 Å². The predicted octanol–water partition coefficient (Wildman–Crippen LogP) is 5.18. The van der Waals surface area contributed by atoms with Gasteiger partial charge in [-0.05, 0) is 48.7 Å². The Morgan fingerprint density at radius 3 is 2.68 bits per heavy atom. The fourth-order valence-electron chi connectivity index (χ4n) is 3.67. The summed E-state index contributed by atoms with van der Waals surface area (Å²) in [6.07, 6.45) is 0.261. The molecule has 28 heavy (non-hydrogen) atoms. The van der Waals surface area contributed by atoms with E-state index in [2.05, 4.69) is 43.0 Å². The second-order valence-corrected chi connectivity index (χ2v) is 8.49. The van der Waals surface area contributed by atoms with Gasteiger partial charge in [0.25, 0.3) is 0 Å². The molecule has 2 aromatic carbocycles. The van der Waals surface area contributed by atoms with Crippen LogP contribution in [0, 0.1) is 25.2 Å². The molecule has 0 N–H and O–H groups in total. The number of nitrogens with zero attached hydrogens (tertiary/aromatic N) is 3. The van der Waals surface area contributed by atoms with Crippen LogP contribution in [0.2, 0.25) is 5.02 Å². The highest BCUT2D eigenvalue weighted by Gasteiger charge is 2.38. The minimum atomic E-state index is -0.280. The van der Waals surface area contributed by atoms with Crippen molar-refractivity contribution in [1.82, 2.24) is 4.90 Å². The second-order valence-electron chi connectivity index (χ2n) is 7.15. The Balaban J connectivity index is 1.68. The SMILES string of the molecule is Cc1ccc(N2CSC3=C(C#N)C(c4ccccc4Cl)CC(=O)N3C2)cc1C. The van der Waals surface area contributed by atoms with Crippen LogP contribution >= 0.6 is 23.4 Å². The van der Waals surface area contributed by atoms with Gasteiger partial charge in [-0.1, -0.05) is 47.6 Å². The van der Waals surface area contributed by atoms with Gasteiger partial charge in [-0.25, -0.2) is 0 Å². The highest BCUT2D eigenvalue weighted by molar-refractivity contribution is 8.03. The van der Waals surface area contributed by atoms with E-state index in [1.807, 2.05) is 24.3 Å². The minimum Gasteiger partial charge on any atom is -0.344 e. The average molecular weight is 410 g/mol. The van der Waals surface area contributed by atoms with Crippen LogP contribution in [0.1, 0.15) is 29.0 Å². The van der Waals surface area contributed by atoms with Crippen molar-refractivity contribution in [3.8, 4) is 6.07 Å². The van der Waals surface area contributed by atoms with Gasteiger partial charge in [-0.2, -0.15) is 5.26 Å². The summed E-state index contributed by atoms with van der Waals surface area (Å²) in [5, 5.41) is 11.2. The van der Waals surface area contributed by atoms with E-state index in [9.17, 15) is 10.1 Å². The third kappa shape index (κ3) is 3.28. The number of hydrogen-bond acceptors (Lipinski definition) is 4. The summed E-state index contributed by atoms with van der Waals surface area (Å²) in [6.45, 7) is 4.65. The number of amides is 1. The number of aryl methyl sites for hydroxylation is 2. The standard InChI is InChI=1S/C22H20ClN3OS/c1-14-7-8-16(9-15(14)2)25-12-26-21(27)10-18(17-5-3-4-6-20(17)23)19(11-24)22(26)28-13-25/h3-9,18H,10,12-13H2,1-2H3. The molecule has 0 spiro atoms. The Hall–Kier alpha value is -2.42. The predicted molar refractivity (Wildman–Crippen MR) is 114 cm³/mol.